The fraction of sp³-hybridized carbons (Fsp3) is 0.364. The predicted octanol–water partition coefficient (Wildman–Crippen LogP) is 3.24. The summed E-state index contributed by atoms with van der Waals surface area (Å²) in [7, 11) is 0. The Balaban J connectivity index is 3.38. The van der Waals surface area contributed by atoms with E-state index in [2.05, 4.69) is 15.9 Å². The summed E-state index contributed by atoms with van der Waals surface area (Å²) in [5.41, 5.74) is -1.43. The minimum absolute atomic E-state index is 0.0733. The van der Waals surface area contributed by atoms with Gasteiger partial charge < -0.3 is 4.90 Å². The van der Waals surface area contributed by atoms with Gasteiger partial charge in [0.2, 0.25) is 5.82 Å². The first-order valence-corrected chi connectivity index (χ1v) is 6.35. The quantitative estimate of drug-likeness (QED) is 0.355. The van der Waals surface area contributed by atoms with Crippen LogP contribution in [0.1, 0.15) is 17.3 Å². The van der Waals surface area contributed by atoms with Crippen LogP contribution in [0.2, 0.25) is 0 Å². The van der Waals surface area contributed by atoms with Crippen molar-refractivity contribution in [2.24, 2.45) is 0 Å². The Morgan fingerprint density at radius 1 is 1.00 bits per heavy atom. The maximum absolute atomic E-state index is 13.4. The number of rotatable bonds is 4. The molecule has 0 heterocycles. The molecule has 19 heavy (non-hydrogen) atoms. The van der Waals surface area contributed by atoms with Crippen LogP contribution in [-0.2, 0) is 0 Å². The third-order valence-electron chi connectivity index (χ3n) is 2.45. The van der Waals surface area contributed by atoms with Crippen LogP contribution < -0.4 is 0 Å². The van der Waals surface area contributed by atoms with Gasteiger partial charge in [-0.3, -0.25) is 4.79 Å². The summed E-state index contributed by atoms with van der Waals surface area (Å²) in [6.07, 6.45) is 0. The summed E-state index contributed by atoms with van der Waals surface area (Å²) < 4.78 is 65.6. The van der Waals surface area contributed by atoms with Gasteiger partial charge in [-0.25, -0.2) is 22.0 Å². The highest BCUT2D eigenvalue weighted by atomic mass is 79.9. The summed E-state index contributed by atoms with van der Waals surface area (Å²) in [6, 6.07) is 0. The third kappa shape index (κ3) is 2.88. The molecule has 8 heteroatoms. The molecule has 0 atom stereocenters. The molecule has 0 fully saturated rings. The lowest BCUT2D eigenvalue weighted by atomic mass is 10.1. The van der Waals surface area contributed by atoms with Crippen molar-refractivity contribution in [3.05, 3.63) is 34.6 Å². The molecule has 0 saturated heterocycles. The van der Waals surface area contributed by atoms with Crippen LogP contribution in [0.15, 0.2) is 0 Å². The summed E-state index contributed by atoms with van der Waals surface area (Å²) in [6.45, 7) is 1.67. The number of carbonyl (C=O) groups excluding carboxylic acids is 1. The van der Waals surface area contributed by atoms with Crippen LogP contribution in [0.4, 0.5) is 22.0 Å². The van der Waals surface area contributed by atoms with E-state index in [1.165, 1.54) is 6.92 Å². The minimum atomic E-state index is -2.28. The van der Waals surface area contributed by atoms with Gasteiger partial charge in [0.25, 0.3) is 5.91 Å². The molecular weight excluding hydrogens is 337 g/mol. The average Bonchev–Trinajstić information content (AvgIpc) is 2.40. The summed E-state index contributed by atoms with van der Waals surface area (Å²) in [5.74, 6) is -12.0. The lowest BCUT2D eigenvalue weighted by molar-refractivity contribution is 0.0761. The van der Waals surface area contributed by atoms with Gasteiger partial charge in [-0.15, -0.1) is 0 Å². The molecule has 1 aromatic carbocycles. The van der Waals surface area contributed by atoms with Crippen LogP contribution in [-0.4, -0.2) is 29.2 Å². The molecule has 0 spiro atoms. The van der Waals surface area contributed by atoms with Crippen molar-refractivity contribution >= 4 is 21.8 Å². The van der Waals surface area contributed by atoms with Gasteiger partial charge >= 0.3 is 0 Å². The number of benzene rings is 1. The van der Waals surface area contributed by atoms with Crippen molar-refractivity contribution in [2.75, 3.05) is 18.4 Å². The van der Waals surface area contributed by atoms with Crippen molar-refractivity contribution in [3.63, 3.8) is 0 Å². The van der Waals surface area contributed by atoms with E-state index in [1.54, 1.807) is 0 Å². The van der Waals surface area contributed by atoms with E-state index >= 15 is 0 Å². The first-order chi connectivity index (χ1) is 8.86. The summed E-state index contributed by atoms with van der Waals surface area (Å²) in [5, 5.41) is 0.308. The fourth-order valence-corrected chi connectivity index (χ4v) is 1.88. The SMILES string of the molecule is CCN(CCBr)C(=O)c1c(F)c(F)c(F)c(F)c1F. The predicted molar refractivity (Wildman–Crippen MR) is 61.6 cm³/mol. The topological polar surface area (TPSA) is 20.3 Å². The Bertz CT molecular complexity index is 479. The molecule has 0 N–H and O–H groups in total. The van der Waals surface area contributed by atoms with E-state index in [-0.39, 0.29) is 13.1 Å². The first kappa shape index (κ1) is 15.9. The van der Waals surface area contributed by atoms with Crippen molar-refractivity contribution < 1.29 is 26.7 Å². The minimum Gasteiger partial charge on any atom is -0.338 e. The van der Waals surface area contributed by atoms with Crippen LogP contribution in [0.3, 0.4) is 0 Å². The second-order valence-corrected chi connectivity index (χ2v) is 4.31. The van der Waals surface area contributed by atoms with Crippen molar-refractivity contribution in [1.82, 2.24) is 4.90 Å². The van der Waals surface area contributed by atoms with E-state index < -0.39 is 40.6 Å². The lowest BCUT2D eigenvalue weighted by Crippen LogP contribution is -2.34. The van der Waals surface area contributed by atoms with Gasteiger partial charge in [-0.05, 0) is 6.92 Å². The van der Waals surface area contributed by atoms with Crippen LogP contribution in [0, 0.1) is 29.1 Å². The fourth-order valence-electron chi connectivity index (χ4n) is 1.46. The van der Waals surface area contributed by atoms with E-state index in [9.17, 15) is 26.7 Å². The Labute approximate surface area is 114 Å². The largest absolute Gasteiger partial charge is 0.338 e. The first-order valence-electron chi connectivity index (χ1n) is 5.23. The van der Waals surface area contributed by atoms with Gasteiger partial charge in [-0.2, -0.15) is 0 Å². The van der Waals surface area contributed by atoms with Gasteiger partial charge in [0, 0.05) is 18.4 Å². The number of hydrogen-bond donors (Lipinski definition) is 0. The Morgan fingerprint density at radius 2 is 1.42 bits per heavy atom. The van der Waals surface area contributed by atoms with E-state index in [0.29, 0.717) is 5.33 Å². The zero-order valence-electron chi connectivity index (χ0n) is 9.74. The molecule has 0 radical (unpaired) electrons. The monoisotopic (exact) mass is 345 g/mol. The van der Waals surface area contributed by atoms with Crippen molar-refractivity contribution in [2.45, 2.75) is 6.92 Å². The number of halogens is 6. The van der Waals surface area contributed by atoms with Crippen LogP contribution in [0.5, 0.6) is 0 Å². The molecule has 1 rings (SSSR count). The Hall–Kier alpha value is -1.18. The molecule has 1 aromatic rings. The van der Waals surface area contributed by atoms with Gasteiger partial charge in [0.15, 0.2) is 23.3 Å². The van der Waals surface area contributed by atoms with Crippen LogP contribution in [0.25, 0.3) is 0 Å². The van der Waals surface area contributed by atoms with Crippen LogP contribution >= 0.6 is 15.9 Å². The van der Waals surface area contributed by atoms with Gasteiger partial charge in [0.05, 0.1) is 0 Å². The normalized spacial score (nSPS) is 10.7. The molecule has 1 amide bonds. The molecule has 0 aliphatic carbocycles. The maximum atomic E-state index is 13.4. The number of amides is 1. The van der Waals surface area contributed by atoms with Gasteiger partial charge in [-0.1, -0.05) is 15.9 Å². The van der Waals surface area contributed by atoms with Gasteiger partial charge in [0.1, 0.15) is 5.56 Å². The summed E-state index contributed by atoms with van der Waals surface area (Å²) in [4.78, 5) is 12.8. The van der Waals surface area contributed by atoms with E-state index in [1.807, 2.05) is 0 Å². The molecule has 0 saturated carbocycles. The average molecular weight is 346 g/mol. The third-order valence-corrected chi connectivity index (χ3v) is 2.80. The molecule has 0 unspecified atom stereocenters. The van der Waals surface area contributed by atoms with Crippen molar-refractivity contribution in [3.8, 4) is 0 Å². The van der Waals surface area contributed by atoms with E-state index in [0.717, 1.165) is 4.90 Å². The number of hydrogen-bond acceptors (Lipinski definition) is 1. The smallest absolute Gasteiger partial charge is 0.260 e. The second kappa shape index (κ2) is 6.31. The zero-order valence-corrected chi connectivity index (χ0v) is 11.3. The maximum Gasteiger partial charge on any atom is 0.260 e. The number of nitrogens with zero attached hydrogens (tertiary/aromatic N) is 1. The second-order valence-electron chi connectivity index (χ2n) is 3.52. The molecule has 0 aliphatic heterocycles. The van der Waals surface area contributed by atoms with E-state index in [4.69, 9.17) is 0 Å². The van der Waals surface area contributed by atoms with Crippen molar-refractivity contribution in [1.29, 1.82) is 0 Å². The highest BCUT2D eigenvalue weighted by molar-refractivity contribution is 9.09. The summed E-state index contributed by atoms with van der Waals surface area (Å²) >= 11 is 3.02. The molecule has 106 valence electrons. The molecule has 2 nitrogen and oxygen atoms in total. The number of carbonyl (C=O) groups is 1. The highest BCUT2D eigenvalue weighted by Gasteiger charge is 2.31. The number of alkyl halides is 1. The zero-order chi connectivity index (χ0) is 14.7. The lowest BCUT2D eigenvalue weighted by Gasteiger charge is -2.20. The molecule has 0 aliphatic rings. The molecule has 0 bridgehead atoms. The Kier molecular flexibility index (Phi) is 5.28. The molecular formula is C11H9BrF5NO. The highest BCUT2D eigenvalue weighted by Crippen LogP contribution is 2.24. The standard InChI is InChI=1S/C11H9BrF5NO/c1-2-18(4-3-12)11(19)5-6(13)8(15)10(17)9(16)7(5)14/h2-4H2,1H3. The molecule has 0 aromatic heterocycles. The Morgan fingerprint density at radius 3 is 1.79 bits per heavy atom.